The number of nitrogens with zero attached hydrogens (tertiary/aromatic N) is 1. The molecule has 0 aromatic heterocycles. The molecule has 0 saturated carbocycles. The van der Waals surface area contributed by atoms with Gasteiger partial charge in [0.15, 0.2) is 0 Å². The van der Waals surface area contributed by atoms with E-state index in [0.29, 0.717) is 5.69 Å². The number of hydrogen-bond acceptors (Lipinski definition) is 4. The lowest BCUT2D eigenvalue weighted by Gasteiger charge is -2.19. The maximum absolute atomic E-state index is 11.9. The number of amidine groups is 1. The first-order valence-electron chi connectivity index (χ1n) is 5.28. The highest BCUT2D eigenvalue weighted by atomic mass is 32.2. The van der Waals surface area contributed by atoms with Crippen molar-refractivity contribution in [2.45, 2.75) is 31.8 Å². The van der Waals surface area contributed by atoms with E-state index in [1.54, 1.807) is 12.1 Å². The van der Waals surface area contributed by atoms with Crippen LogP contribution >= 0.6 is 0 Å². The molecule has 1 aromatic carbocycles. The lowest BCUT2D eigenvalue weighted by Crippen LogP contribution is -2.26. The third-order valence-corrected chi connectivity index (χ3v) is 3.51. The number of anilines is 1. The molecule has 0 fully saturated rings. The molecule has 17 heavy (non-hydrogen) atoms. The lowest BCUT2D eigenvalue weighted by atomic mass is 10.2. The summed E-state index contributed by atoms with van der Waals surface area (Å²) in [6.45, 7) is 5.45. The van der Waals surface area contributed by atoms with Gasteiger partial charge < -0.3 is 10.1 Å². The van der Waals surface area contributed by atoms with Crippen molar-refractivity contribution >= 4 is 21.7 Å². The highest BCUT2D eigenvalue weighted by molar-refractivity contribution is 7.90. The Bertz CT molecular complexity index is 576. The molecular weight excluding hydrogens is 240 g/mol. The first kappa shape index (κ1) is 11.9. The summed E-state index contributed by atoms with van der Waals surface area (Å²) < 4.78 is 32.7. The summed E-state index contributed by atoms with van der Waals surface area (Å²) in [6.07, 6.45) is -0.136. The molecule has 0 radical (unpaired) electrons. The Balaban J connectivity index is 2.47. The Morgan fingerprint density at radius 3 is 2.71 bits per heavy atom. The van der Waals surface area contributed by atoms with E-state index in [2.05, 4.69) is 9.71 Å². The van der Waals surface area contributed by atoms with Crippen LogP contribution in [0.3, 0.4) is 0 Å². The molecule has 1 aliphatic heterocycles. The summed E-state index contributed by atoms with van der Waals surface area (Å²) in [4.78, 5) is 0.189. The third kappa shape index (κ3) is 2.41. The van der Waals surface area contributed by atoms with E-state index in [9.17, 15) is 8.42 Å². The van der Waals surface area contributed by atoms with Crippen LogP contribution in [0.2, 0.25) is 0 Å². The molecule has 1 aliphatic rings. The molecular formula is C11H14N2O3S. The molecule has 0 spiro atoms. The Kier molecular flexibility index (Phi) is 2.82. The van der Waals surface area contributed by atoms with Crippen LogP contribution in [-0.4, -0.2) is 20.5 Å². The van der Waals surface area contributed by atoms with Crippen LogP contribution in [0.5, 0.6) is 0 Å². The highest BCUT2D eigenvalue weighted by Gasteiger charge is 2.26. The Morgan fingerprint density at radius 2 is 2.06 bits per heavy atom. The molecule has 1 heterocycles. The summed E-state index contributed by atoms with van der Waals surface area (Å²) in [7, 11) is -3.66. The van der Waals surface area contributed by atoms with Gasteiger partial charge in [0.25, 0.3) is 10.0 Å². The second-order valence-corrected chi connectivity index (χ2v) is 5.74. The first-order valence-corrected chi connectivity index (χ1v) is 6.72. The summed E-state index contributed by atoms with van der Waals surface area (Å²) in [6, 6.07) is 5.16. The summed E-state index contributed by atoms with van der Waals surface area (Å²) in [5.41, 5.74) is 1.37. The second kappa shape index (κ2) is 4.03. The molecule has 0 aliphatic carbocycles. The highest BCUT2D eigenvalue weighted by Crippen LogP contribution is 2.28. The third-order valence-electron chi connectivity index (χ3n) is 2.21. The van der Waals surface area contributed by atoms with E-state index in [1.807, 2.05) is 26.8 Å². The fourth-order valence-corrected chi connectivity index (χ4v) is 2.65. The van der Waals surface area contributed by atoms with Gasteiger partial charge in [0.1, 0.15) is 4.90 Å². The fraction of sp³-hybridized carbons (Fsp3) is 0.364. The van der Waals surface area contributed by atoms with Gasteiger partial charge in [-0.1, -0.05) is 6.07 Å². The van der Waals surface area contributed by atoms with E-state index in [0.717, 1.165) is 5.56 Å². The lowest BCUT2D eigenvalue weighted by molar-refractivity contribution is 0.228. The van der Waals surface area contributed by atoms with Crippen molar-refractivity contribution < 1.29 is 13.2 Å². The topological polar surface area (TPSA) is 67.8 Å². The molecule has 1 aromatic rings. The van der Waals surface area contributed by atoms with Crippen molar-refractivity contribution in [3.63, 3.8) is 0 Å². The van der Waals surface area contributed by atoms with Crippen molar-refractivity contribution in [2.24, 2.45) is 4.40 Å². The van der Waals surface area contributed by atoms with Crippen LogP contribution in [0, 0.1) is 6.92 Å². The zero-order chi connectivity index (χ0) is 12.6. The molecule has 0 amide bonds. The standard InChI is InChI=1S/C11H14N2O3S/c1-7(2)16-11-12-9-5-4-8(3)6-10(9)17(14,15)13-11/h4-7H,1-3H3,(H,12,13). The number of rotatable bonds is 1. The first-order chi connectivity index (χ1) is 7.88. The summed E-state index contributed by atoms with van der Waals surface area (Å²) >= 11 is 0. The van der Waals surface area contributed by atoms with E-state index in [-0.39, 0.29) is 17.0 Å². The van der Waals surface area contributed by atoms with E-state index in [4.69, 9.17) is 4.74 Å². The second-order valence-electron chi connectivity index (χ2n) is 4.16. The number of hydrogen-bond donors (Lipinski definition) is 1. The molecule has 5 nitrogen and oxygen atoms in total. The minimum Gasteiger partial charge on any atom is -0.462 e. The number of ether oxygens (including phenoxy) is 1. The van der Waals surface area contributed by atoms with Crippen LogP contribution in [-0.2, 0) is 14.8 Å². The van der Waals surface area contributed by atoms with Gasteiger partial charge in [-0.15, -0.1) is 4.40 Å². The van der Waals surface area contributed by atoms with Crippen molar-refractivity contribution in [3.05, 3.63) is 23.8 Å². The van der Waals surface area contributed by atoms with Crippen LogP contribution in [0.15, 0.2) is 27.5 Å². The average molecular weight is 254 g/mol. The number of aryl methyl sites for hydroxylation is 1. The Labute approximate surface area is 101 Å². The number of nitrogens with one attached hydrogen (secondary N) is 1. The van der Waals surface area contributed by atoms with E-state index < -0.39 is 10.0 Å². The SMILES string of the molecule is Cc1ccc2c(c1)S(=O)(=O)N=C(OC(C)C)N2. The molecule has 6 heteroatoms. The molecule has 1 N–H and O–H groups in total. The molecule has 92 valence electrons. The van der Waals surface area contributed by atoms with Crippen LogP contribution in [0.25, 0.3) is 0 Å². The van der Waals surface area contributed by atoms with Gasteiger partial charge in [0.05, 0.1) is 11.8 Å². The van der Waals surface area contributed by atoms with E-state index in [1.165, 1.54) is 0 Å². The fourth-order valence-electron chi connectivity index (χ4n) is 1.52. The average Bonchev–Trinajstić information content (AvgIpc) is 2.17. The molecule has 0 unspecified atom stereocenters. The summed E-state index contributed by atoms with van der Waals surface area (Å²) in [5.74, 6) is 0. The molecule has 0 atom stereocenters. The predicted octanol–water partition coefficient (Wildman–Crippen LogP) is 1.89. The van der Waals surface area contributed by atoms with Gasteiger partial charge in [-0.25, -0.2) is 0 Å². The smallest absolute Gasteiger partial charge is 0.305 e. The van der Waals surface area contributed by atoms with Gasteiger partial charge in [-0.05, 0) is 38.5 Å². The summed E-state index contributed by atoms with van der Waals surface area (Å²) in [5, 5.41) is 2.86. The molecule has 0 bridgehead atoms. The quantitative estimate of drug-likeness (QED) is 0.831. The molecule has 2 rings (SSSR count). The van der Waals surface area contributed by atoms with Gasteiger partial charge in [-0.3, -0.25) is 0 Å². The minimum atomic E-state index is -3.66. The number of fused-ring (bicyclic) bond motifs is 1. The van der Waals surface area contributed by atoms with Gasteiger partial charge >= 0.3 is 6.02 Å². The maximum atomic E-state index is 11.9. The van der Waals surface area contributed by atoms with Gasteiger partial charge in [0, 0.05) is 0 Å². The van der Waals surface area contributed by atoms with Crippen molar-refractivity contribution in [1.29, 1.82) is 0 Å². The van der Waals surface area contributed by atoms with Crippen LogP contribution < -0.4 is 5.32 Å². The van der Waals surface area contributed by atoms with Gasteiger partial charge in [0.2, 0.25) is 0 Å². The van der Waals surface area contributed by atoms with Crippen molar-refractivity contribution in [1.82, 2.24) is 0 Å². The van der Waals surface area contributed by atoms with E-state index >= 15 is 0 Å². The monoisotopic (exact) mass is 254 g/mol. The van der Waals surface area contributed by atoms with Gasteiger partial charge in [-0.2, -0.15) is 8.42 Å². The van der Waals surface area contributed by atoms with Crippen LogP contribution in [0.4, 0.5) is 5.69 Å². The van der Waals surface area contributed by atoms with Crippen LogP contribution in [0.1, 0.15) is 19.4 Å². The predicted molar refractivity (Wildman–Crippen MR) is 65.6 cm³/mol. The number of sulfonamides is 1. The minimum absolute atomic E-state index is 0.0244. The maximum Gasteiger partial charge on any atom is 0.305 e. The molecule has 0 saturated heterocycles. The Hall–Kier alpha value is -1.56. The zero-order valence-corrected chi connectivity index (χ0v) is 10.7. The van der Waals surface area contributed by atoms with Crippen molar-refractivity contribution in [3.8, 4) is 0 Å². The zero-order valence-electron chi connectivity index (χ0n) is 9.89. The Morgan fingerprint density at radius 1 is 1.35 bits per heavy atom. The largest absolute Gasteiger partial charge is 0.462 e. The number of benzene rings is 1. The normalized spacial score (nSPS) is 17.1. The van der Waals surface area contributed by atoms with Crippen molar-refractivity contribution in [2.75, 3.05) is 5.32 Å².